The van der Waals surface area contributed by atoms with E-state index in [0.29, 0.717) is 6.54 Å². The Kier molecular flexibility index (Phi) is 5.31. The smallest absolute Gasteiger partial charge is 0.233 e. The van der Waals surface area contributed by atoms with Crippen LogP contribution >= 0.6 is 23.1 Å². The monoisotopic (exact) mass is 398 g/mol. The number of carbonyl (C=O) groups excluding carboxylic acids is 1. The Morgan fingerprint density at radius 2 is 2.04 bits per heavy atom. The van der Waals surface area contributed by atoms with Crippen molar-refractivity contribution in [1.82, 2.24) is 10.3 Å². The summed E-state index contributed by atoms with van der Waals surface area (Å²) in [6, 6.07) is 15.7. The minimum absolute atomic E-state index is 0.0193. The molecule has 138 valence electrons. The summed E-state index contributed by atoms with van der Waals surface area (Å²) < 4.78 is 11.6. The highest BCUT2D eigenvalue weighted by atomic mass is 32.2. The Balaban J connectivity index is 1.32. The number of nitrogens with zero attached hydrogens (tertiary/aromatic N) is 1. The molecular formula is C20H18N2O3S2. The van der Waals surface area contributed by atoms with Gasteiger partial charge in [-0.2, -0.15) is 0 Å². The molecule has 0 aliphatic carbocycles. The van der Waals surface area contributed by atoms with E-state index in [4.69, 9.17) is 9.47 Å². The number of hydrogen-bond donors (Lipinski definition) is 1. The summed E-state index contributed by atoms with van der Waals surface area (Å²) in [4.78, 5) is 17.1. The number of ether oxygens (including phenoxy) is 2. The molecule has 1 atom stereocenters. The van der Waals surface area contributed by atoms with Crippen molar-refractivity contribution >= 4 is 29.0 Å². The first kappa shape index (κ1) is 17.9. The van der Waals surface area contributed by atoms with Gasteiger partial charge in [-0.25, -0.2) is 4.98 Å². The molecule has 27 heavy (non-hydrogen) atoms. The van der Waals surface area contributed by atoms with E-state index in [0.717, 1.165) is 32.7 Å². The number of benzene rings is 2. The molecule has 1 unspecified atom stereocenters. The lowest BCUT2D eigenvalue weighted by Crippen LogP contribution is -2.30. The summed E-state index contributed by atoms with van der Waals surface area (Å²) in [7, 11) is 0. The Morgan fingerprint density at radius 3 is 2.89 bits per heavy atom. The molecule has 7 heteroatoms. The molecule has 0 radical (unpaired) electrons. The number of carbonyl (C=O) groups is 1. The number of amides is 1. The van der Waals surface area contributed by atoms with Crippen LogP contribution in [0.15, 0.2) is 58.3 Å². The Bertz CT molecular complexity index is 943. The fraction of sp³-hybridized carbons (Fsp3) is 0.200. The van der Waals surface area contributed by atoms with E-state index in [-0.39, 0.29) is 18.0 Å². The quantitative estimate of drug-likeness (QED) is 0.626. The molecule has 1 N–H and O–H groups in total. The zero-order valence-corrected chi connectivity index (χ0v) is 16.3. The van der Waals surface area contributed by atoms with Crippen molar-refractivity contribution in [3.8, 4) is 22.8 Å². The van der Waals surface area contributed by atoms with E-state index in [1.807, 2.05) is 60.8 Å². The topological polar surface area (TPSA) is 60.5 Å². The lowest BCUT2D eigenvalue weighted by molar-refractivity contribution is -0.120. The zero-order valence-electron chi connectivity index (χ0n) is 14.7. The van der Waals surface area contributed by atoms with Crippen molar-refractivity contribution in [1.29, 1.82) is 0 Å². The predicted octanol–water partition coefficient (Wildman–Crippen LogP) is 4.34. The van der Waals surface area contributed by atoms with Crippen molar-refractivity contribution < 1.29 is 14.3 Å². The third-order valence-corrected chi connectivity index (χ3v) is 6.18. The van der Waals surface area contributed by atoms with Crippen molar-refractivity contribution in [3.05, 3.63) is 59.5 Å². The highest BCUT2D eigenvalue weighted by Gasteiger charge is 2.18. The van der Waals surface area contributed by atoms with Gasteiger partial charge in [0.15, 0.2) is 15.8 Å². The van der Waals surface area contributed by atoms with Gasteiger partial charge in [0.2, 0.25) is 12.7 Å². The van der Waals surface area contributed by atoms with Crippen LogP contribution < -0.4 is 14.8 Å². The molecule has 2 aromatic carbocycles. The third kappa shape index (κ3) is 4.26. The molecule has 0 bridgehead atoms. The lowest BCUT2D eigenvalue weighted by atomic mass is 10.2. The lowest BCUT2D eigenvalue weighted by Gasteiger charge is -2.11. The SMILES string of the molecule is CC(Sc1nc(-c2ccccc2)cs1)C(=O)NCc1ccc2c(c1)OCO2. The van der Waals surface area contributed by atoms with Crippen molar-refractivity contribution in [3.63, 3.8) is 0 Å². The van der Waals surface area contributed by atoms with Crippen LogP contribution in [-0.2, 0) is 11.3 Å². The van der Waals surface area contributed by atoms with E-state index >= 15 is 0 Å². The number of aromatic nitrogens is 1. The number of nitrogens with one attached hydrogen (secondary N) is 1. The molecule has 4 rings (SSSR count). The van der Waals surface area contributed by atoms with Crippen LogP contribution in [0.2, 0.25) is 0 Å². The summed E-state index contributed by atoms with van der Waals surface area (Å²) in [5.41, 5.74) is 3.00. The molecule has 1 amide bonds. The van der Waals surface area contributed by atoms with Crippen molar-refractivity contribution in [2.24, 2.45) is 0 Å². The normalized spacial score (nSPS) is 13.4. The standard InChI is InChI=1S/C20H18N2O3S2/c1-13(27-20-22-16(11-26-20)15-5-3-2-4-6-15)19(23)21-10-14-7-8-17-18(9-14)25-12-24-17/h2-9,11,13H,10,12H2,1H3,(H,21,23). The van der Waals surface area contributed by atoms with Crippen LogP contribution in [-0.4, -0.2) is 22.9 Å². The van der Waals surface area contributed by atoms with E-state index in [1.165, 1.54) is 11.8 Å². The average molecular weight is 399 g/mol. The van der Waals surface area contributed by atoms with Crippen LogP contribution in [0.3, 0.4) is 0 Å². The Hall–Kier alpha value is -2.51. The number of thioether (sulfide) groups is 1. The molecule has 0 fully saturated rings. The predicted molar refractivity (Wildman–Crippen MR) is 107 cm³/mol. The van der Waals surface area contributed by atoms with Gasteiger partial charge >= 0.3 is 0 Å². The van der Waals surface area contributed by atoms with Crippen LogP contribution in [0.1, 0.15) is 12.5 Å². The molecular weight excluding hydrogens is 380 g/mol. The first-order valence-corrected chi connectivity index (χ1v) is 10.3. The second kappa shape index (κ2) is 8.02. The zero-order chi connectivity index (χ0) is 18.6. The summed E-state index contributed by atoms with van der Waals surface area (Å²) in [6.45, 7) is 2.59. The van der Waals surface area contributed by atoms with Crippen molar-refractivity contribution in [2.45, 2.75) is 23.1 Å². The molecule has 5 nitrogen and oxygen atoms in total. The van der Waals surface area contributed by atoms with Crippen LogP contribution in [0, 0.1) is 0 Å². The van der Waals surface area contributed by atoms with Gasteiger partial charge in [-0.15, -0.1) is 11.3 Å². The van der Waals surface area contributed by atoms with Gasteiger partial charge in [-0.3, -0.25) is 4.79 Å². The van der Waals surface area contributed by atoms with E-state index in [2.05, 4.69) is 10.3 Å². The highest BCUT2D eigenvalue weighted by Crippen LogP contribution is 2.33. The fourth-order valence-corrected chi connectivity index (χ4v) is 4.64. The summed E-state index contributed by atoms with van der Waals surface area (Å²) >= 11 is 3.03. The minimum atomic E-state index is -0.228. The van der Waals surface area contributed by atoms with Gasteiger partial charge in [0, 0.05) is 17.5 Å². The van der Waals surface area contributed by atoms with E-state index in [9.17, 15) is 4.79 Å². The van der Waals surface area contributed by atoms with Crippen LogP contribution in [0.25, 0.3) is 11.3 Å². The summed E-state index contributed by atoms with van der Waals surface area (Å²) in [5, 5.41) is 4.76. The maximum Gasteiger partial charge on any atom is 0.233 e. The second-order valence-corrected chi connectivity index (χ2v) is 8.48. The fourth-order valence-electron chi connectivity index (χ4n) is 2.64. The minimum Gasteiger partial charge on any atom is -0.454 e. The molecule has 1 aliphatic rings. The van der Waals surface area contributed by atoms with Gasteiger partial charge < -0.3 is 14.8 Å². The van der Waals surface area contributed by atoms with Crippen molar-refractivity contribution in [2.75, 3.05) is 6.79 Å². The largest absolute Gasteiger partial charge is 0.454 e. The van der Waals surface area contributed by atoms with E-state index in [1.54, 1.807) is 11.3 Å². The number of rotatable bonds is 6. The Morgan fingerprint density at radius 1 is 1.22 bits per heavy atom. The van der Waals surface area contributed by atoms with Crippen LogP contribution in [0.5, 0.6) is 11.5 Å². The van der Waals surface area contributed by atoms with Gasteiger partial charge in [0.1, 0.15) is 0 Å². The second-order valence-electron chi connectivity index (χ2n) is 6.03. The molecule has 0 saturated heterocycles. The molecule has 1 aromatic heterocycles. The molecule has 1 aliphatic heterocycles. The first-order chi connectivity index (χ1) is 13.2. The van der Waals surface area contributed by atoms with E-state index < -0.39 is 0 Å². The van der Waals surface area contributed by atoms with Gasteiger partial charge in [-0.05, 0) is 24.6 Å². The summed E-state index contributed by atoms with van der Waals surface area (Å²) in [6.07, 6.45) is 0. The highest BCUT2D eigenvalue weighted by molar-refractivity contribution is 8.02. The molecule has 0 spiro atoms. The number of thiazole rings is 1. The first-order valence-electron chi connectivity index (χ1n) is 8.53. The average Bonchev–Trinajstić information content (AvgIpc) is 3.35. The number of fused-ring (bicyclic) bond motifs is 1. The molecule has 0 saturated carbocycles. The molecule has 2 heterocycles. The van der Waals surface area contributed by atoms with Gasteiger partial charge in [0.05, 0.1) is 10.9 Å². The number of hydrogen-bond acceptors (Lipinski definition) is 6. The molecule has 3 aromatic rings. The maximum absolute atomic E-state index is 12.4. The Labute approximate surface area is 165 Å². The maximum atomic E-state index is 12.4. The third-order valence-electron chi connectivity index (χ3n) is 4.10. The van der Waals surface area contributed by atoms with Gasteiger partial charge in [0.25, 0.3) is 0 Å². The summed E-state index contributed by atoms with van der Waals surface area (Å²) in [5.74, 6) is 1.45. The van der Waals surface area contributed by atoms with Gasteiger partial charge in [-0.1, -0.05) is 48.2 Å². The van der Waals surface area contributed by atoms with Crippen LogP contribution in [0.4, 0.5) is 0 Å².